The lowest BCUT2D eigenvalue weighted by molar-refractivity contribution is -0.150. The molecule has 0 aliphatic carbocycles. The Labute approximate surface area is 191 Å². The van der Waals surface area contributed by atoms with E-state index >= 15 is 0 Å². The first-order valence-corrected chi connectivity index (χ1v) is 11.8. The lowest BCUT2D eigenvalue weighted by atomic mass is 10.0. The number of hydrogen-bond acceptors (Lipinski definition) is 7. The van der Waals surface area contributed by atoms with E-state index in [2.05, 4.69) is 17.6 Å². The number of nitrogens with one attached hydrogen (secondary N) is 2. The second-order valence-corrected chi connectivity index (χ2v) is 8.50. The summed E-state index contributed by atoms with van der Waals surface area (Å²) in [6.45, 7) is 2.29. The maximum absolute atomic E-state index is 12.5. The second kappa shape index (κ2) is 16.1. The molecule has 0 unspecified atom stereocenters. The average Bonchev–Trinajstić information content (AvgIpc) is 2.93. The average molecular weight is 459 g/mol. The van der Waals surface area contributed by atoms with Crippen LogP contribution in [0.4, 0.5) is 0 Å². The van der Waals surface area contributed by atoms with E-state index in [9.17, 15) is 30.0 Å². The molecule has 32 heavy (non-hydrogen) atoms. The van der Waals surface area contributed by atoms with Gasteiger partial charge in [-0.2, -0.15) is 0 Å². The van der Waals surface area contributed by atoms with Crippen LogP contribution in [0.15, 0.2) is 12.2 Å². The molecule has 1 saturated heterocycles. The summed E-state index contributed by atoms with van der Waals surface area (Å²) in [5, 5.41) is 45.5. The van der Waals surface area contributed by atoms with Crippen molar-refractivity contribution >= 4 is 11.8 Å². The van der Waals surface area contributed by atoms with Crippen molar-refractivity contribution in [2.24, 2.45) is 0 Å². The fourth-order valence-corrected chi connectivity index (χ4v) is 3.68. The molecule has 0 radical (unpaired) electrons. The summed E-state index contributed by atoms with van der Waals surface area (Å²) >= 11 is 0. The molecule has 1 aliphatic heterocycles. The Bertz CT molecular complexity index is 573. The minimum atomic E-state index is -1.70. The van der Waals surface area contributed by atoms with Gasteiger partial charge in [0, 0.05) is 13.7 Å². The number of ether oxygens (including phenoxy) is 1. The smallest absolute Gasteiger partial charge is 0.252 e. The van der Waals surface area contributed by atoms with Gasteiger partial charge < -0.3 is 35.8 Å². The maximum Gasteiger partial charge on any atom is 0.252 e. The molecule has 0 spiro atoms. The van der Waals surface area contributed by atoms with E-state index in [1.807, 2.05) is 0 Å². The number of aliphatic hydroxyl groups excluding tert-OH is 4. The van der Waals surface area contributed by atoms with E-state index in [0.29, 0.717) is 6.42 Å². The fraction of sp³-hybridized carbons (Fsp3) is 0.826. The van der Waals surface area contributed by atoms with E-state index < -0.39 is 48.4 Å². The third-order valence-electron chi connectivity index (χ3n) is 5.76. The van der Waals surface area contributed by atoms with Crippen LogP contribution in [0.25, 0.3) is 0 Å². The van der Waals surface area contributed by atoms with Gasteiger partial charge in [0.05, 0.1) is 6.10 Å². The van der Waals surface area contributed by atoms with Crippen molar-refractivity contribution in [3.05, 3.63) is 12.2 Å². The van der Waals surface area contributed by atoms with Gasteiger partial charge in [-0.1, -0.05) is 57.6 Å². The van der Waals surface area contributed by atoms with Gasteiger partial charge in [-0.3, -0.25) is 9.59 Å². The number of unbranched alkanes of at least 4 members (excludes halogenated alkanes) is 7. The Kier molecular flexibility index (Phi) is 14.4. The summed E-state index contributed by atoms with van der Waals surface area (Å²) in [6, 6.07) is -0.881. The van der Waals surface area contributed by atoms with Gasteiger partial charge in [0.25, 0.3) is 5.91 Å². The molecule has 1 fully saturated rings. The molecule has 0 aromatic rings. The number of hydrogen-bond donors (Lipinski definition) is 6. The maximum atomic E-state index is 12.5. The van der Waals surface area contributed by atoms with Gasteiger partial charge in [0.2, 0.25) is 5.91 Å². The number of carbonyl (C=O) groups excluding carboxylic acids is 2. The van der Waals surface area contributed by atoms with Crippen molar-refractivity contribution in [1.82, 2.24) is 10.6 Å². The fourth-order valence-electron chi connectivity index (χ4n) is 3.68. The van der Waals surface area contributed by atoms with Crippen molar-refractivity contribution in [3.63, 3.8) is 0 Å². The zero-order chi connectivity index (χ0) is 23.9. The Morgan fingerprint density at radius 2 is 1.78 bits per heavy atom. The highest BCUT2D eigenvalue weighted by molar-refractivity contribution is 5.89. The van der Waals surface area contributed by atoms with Gasteiger partial charge >= 0.3 is 0 Å². The van der Waals surface area contributed by atoms with Gasteiger partial charge in [-0.05, 0) is 25.7 Å². The molecule has 6 N–H and O–H groups in total. The van der Waals surface area contributed by atoms with Crippen LogP contribution in [-0.2, 0) is 14.3 Å². The summed E-state index contributed by atoms with van der Waals surface area (Å²) in [5.41, 5.74) is 0. The normalized spacial score (nSPS) is 23.2. The van der Waals surface area contributed by atoms with E-state index in [-0.39, 0.29) is 13.0 Å². The van der Waals surface area contributed by atoms with Crippen LogP contribution in [0.3, 0.4) is 0 Å². The molecular weight excluding hydrogens is 416 g/mol. The van der Waals surface area contributed by atoms with Crippen LogP contribution in [-0.4, -0.2) is 82.5 Å². The molecule has 1 heterocycles. The molecule has 0 aromatic heterocycles. The van der Waals surface area contributed by atoms with Gasteiger partial charge in [-0.25, -0.2) is 0 Å². The van der Waals surface area contributed by atoms with Crippen LogP contribution in [0.1, 0.15) is 71.1 Å². The highest BCUT2D eigenvalue weighted by Gasteiger charge is 2.37. The van der Waals surface area contributed by atoms with Crippen molar-refractivity contribution in [3.8, 4) is 0 Å². The number of carbonyl (C=O) groups is 2. The van der Waals surface area contributed by atoms with Crippen molar-refractivity contribution in [1.29, 1.82) is 0 Å². The molecule has 2 amide bonds. The van der Waals surface area contributed by atoms with Crippen LogP contribution >= 0.6 is 0 Å². The molecule has 186 valence electrons. The minimum absolute atomic E-state index is 0.109. The highest BCUT2D eigenvalue weighted by atomic mass is 16.5. The topological polar surface area (TPSA) is 148 Å². The van der Waals surface area contributed by atoms with Crippen LogP contribution in [0.2, 0.25) is 0 Å². The number of amides is 2. The third kappa shape index (κ3) is 10.4. The summed E-state index contributed by atoms with van der Waals surface area (Å²) < 4.78 is 5.03. The Balaban J connectivity index is 2.46. The Hall–Kier alpha value is -1.52. The Morgan fingerprint density at radius 3 is 2.44 bits per heavy atom. The third-order valence-corrected chi connectivity index (χ3v) is 5.76. The molecule has 6 atom stereocenters. The first kappa shape index (κ1) is 28.5. The number of rotatable bonds is 15. The predicted molar refractivity (Wildman–Crippen MR) is 121 cm³/mol. The Morgan fingerprint density at radius 1 is 1.12 bits per heavy atom. The quantitative estimate of drug-likeness (QED) is 0.155. The summed E-state index contributed by atoms with van der Waals surface area (Å²) in [7, 11) is 1.19. The van der Waals surface area contributed by atoms with Crippen LogP contribution in [0, 0.1) is 0 Å². The highest BCUT2D eigenvalue weighted by Crippen LogP contribution is 2.13. The van der Waals surface area contributed by atoms with E-state index in [1.165, 1.54) is 45.3 Å². The van der Waals surface area contributed by atoms with Gasteiger partial charge in [0.15, 0.2) is 6.10 Å². The zero-order valence-corrected chi connectivity index (χ0v) is 19.4. The minimum Gasteiger partial charge on any atom is -0.391 e. The van der Waals surface area contributed by atoms with E-state index in [4.69, 9.17) is 4.74 Å². The van der Waals surface area contributed by atoms with Crippen molar-refractivity contribution in [2.45, 2.75) is 108 Å². The molecule has 0 aromatic carbocycles. The SMILES string of the molecule is CCCCCCCCCC=C[C@@H](O)[C@H](O)[C@@H](O)[C@@H](OC)C(=O)N[C@H]1CC[C@@H](O)CNC1=O. The van der Waals surface area contributed by atoms with Crippen LogP contribution < -0.4 is 10.6 Å². The second-order valence-electron chi connectivity index (χ2n) is 8.50. The van der Waals surface area contributed by atoms with E-state index in [0.717, 1.165) is 19.3 Å². The lowest BCUT2D eigenvalue weighted by Gasteiger charge is -2.28. The number of β-amino-alcohol motifs (C(OH)–C–C–N with tert-alkyl or cyclic N) is 1. The molecular formula is C23H42N2O7. The first-order valence-electron chi connectivity index (χ1n) is 11.8. The molecule has 9 heteroatoms. The number of aliphatic hydroxyl groups is 4. The molecule has 0 bridgehead atoms. The standard InChI is InChI=1S/C23H42N2O7/c1-3-4-5-6-7-8-9-10-11-12-18(27)19(28)20(29)21(32-2)23(31)25-17-14-13-16(26)15-24-22(17)30/h11-12,16-21,26-29H,3-10,13-15H2,1-2H3,(H,24,30)(H,25,31)/t16-,17+,18-,19+,20-,21-/m1/s1. The summed E-state index contributed by atoms with van der Waals surface area (Å²) in [6.07, 6.45) is 5.88. The molecule has 9 nitrogen and oxygen atoms in total. The predicted octanol–water partition coefficient (Wildman–Crippen LogP) is 0.537. The summed E-state index contributed by atoms with van der Waals surface area (Å²) in [5.74, 6) is -1.22. The monoisotopic (exact) mass is 458 g/mol. The van der Waals surface area contributed by atoms with E-state index in [1.54, 1.807) is 6.08 Å². The molecule has 1 rings (SSSR count). The lowest BCUT2D eigenvalue weighted by Crippen LogP contribution is -2.55. The van der Waals surface area contributed by atoms with Crippen molar-refractivity contribution in [2.75, 3.05) is 13.7 Å². The molecule has 0 saturated carbocycles. The number of allylic oxidation sites excluding steroid dienone is 1. The summed E-state index contributed by atoms with van der Waals surface area (Å²) in [4.78, 5) is 24.6. The number of methoxy groups -OCH3 is 1. The van der Waals surface area contributed by atoms with Crippen LogP contribution in [0.5, 0.6) is 0 Å². The van der Waals surface area contributed by atoms with Crippen molar-refractivity contribution < 1.29 is 34.8 Å². The largest absolute Gasteiger partial charge is 0.391 e. The zero-order valence-electron chi connectivity index (χ0n) is 19.4. The molecule has 1 aliphatic rings. The van der Waals surface area contributed by atoms with Gasteiger partial charge in [-0.15, -0.1) is 0 Å². The first-order chi connectivity index (χ1) is 15.3. The van der Waals surface area contributed by atoms with Gasteiger partial charge in [0.1, 0.15) is 24.4 Å².